The SMILES string of the molecule is C[C@@H]1Cc2ccccc2N1C(=O)CCn1ccc(C(=O)N2c3ccccc3C[C@H]2C)n1. The third-order valence-corrected chi connectivity index (χ3v) is 6.32. The molecule has 0 aliphatic carbocycles. The lowest BCUT2D eigenvalue weighted by molar-refractivity contribution is -0.119. The van der Waals surface area contributed by atoms with Crippen LogP contribution >= 0.6 is 0 Å². The molecule has 2 aliphatic heterocycles. The number of carbonyl (C=O) groups is 2. The van der Waals surface area contributed by atoms with E-state index in [-0.39, 0.29) is 23.9 Å². The molecule has 0 N–H and O–H groups in total. The summed E-state index contributed by atoms with van der Waals surface area (Å²) in [5, 5.41) is 4.48. The summed E-state index contributed by atoms with van der Waals surface area (Å²) in [5.41, 5.74) is 4.80. The minimum absolute atomic E-state index is 0.0860. The molecular formula is C25H26N4O2. The molecule has 0 fully saturated rings. The molecule has 6 heteroatoms. The summed E-state index contributed by atoms with van der Waals surface area (Å²) in [6.07, 6.45) is 3.87. The highest BCUT2D eigenvalue weighted by atomic mass is 16.2. The number of hydrogen-bond acceptors (Lipinski definition) is 3. The standard InChI is InChI=1S/C25H26N4O2/c1-17-15-19-7-3-5-9-22(19)28(17)24(30)12-14-27-13-11-21(26-27)25(31)29-18(2)16-20-8-4-6-10-23(20)29/h3-11,13,17-18H,12,14-16H2,1-2H3/t17-,18-/m1/s1. The van der Waals surface area contributed by atoms with Gasteiger partial charge >= 0.3 is 0 Å². The summed E-state index contributed by atoms with van der Waals surface area (Å²) in [4.78, 5) is 29.8. The average molecular weight is 415 g/mol. The van der Waals surface area contributed by atoms with Crippen molar-refractivity contribution in [2.24, 2.45) is 0 Å². The Morgan fingerprint density at radius 2 is 1.45 bits per heavy atom. The van der Waals surface area contributed by atoms with E-state index in [1.165, 1.54) is 11.1 Å². The summed E-state index contributed by atoms with van der Waals surface area (Å²) < 4.78 is 1.70. The van der Waals surface area contributed by atoms with E-state index in [1.54, 1.807) is 16.9 Å². The molecule has 0 bridgehead atoms. The van der Waals surface area contributed by atoms with Gasteiger partial charge in [-0.1, -0.05) is 36.4 Å². The summed E-state index contributed by atoms with van der Waals surface area (Å²) in [6, 6.07) is 18.1. The van der Waals surface area contributed by atoms with Crippen LogP contribution in [0.4, 0.5) is 11.4 Å². The molecule has 0 radical (unpaired) electrons. The average Bonchev–Trinajstić information content (AvgIpc) is 3.45. The predicted molar refractivity (Wildman–Crippen MR) is 120 cm³/mol. The molecule has 0 spiro atoms. The molecule has 158 valence electrons. The van der Waals surface area contributed by atoms with E-state index in [1.807, 2.05) is 46.2 Å². The first kappa shape index (κ1) is 19.5. The van der Waals surface area contributed by atoms with Gasteiger partial charge in [0.05, 0.1) is 0 Å². The van der Waals surface area contributed by atoms with Crippen LogP contribution in [0.3, 0.4) is 0 Å². The molecule has 2 aromatic carbocycles. The first-order chi connectivity index (χ1) is 15.0. The Labute approximate surface area is 182 Å². The lowest BCUT2D eigenvalue weighted by Gasteiger charge is -2.23. The number of anilines is 2. The zero-order chi connectivity index (χ0) is 21.5. The van der Waals surface area contributed by atoms with E-state index in [0.29, 0.717) is 18.7 Å². The smallest absolute Gasteiger partial charge is 0.279 e. The Balaban J connectivity index is 1.27. The molecule has 2 atom stereocenters. The van der Waals surface area contributed by atoms with Gasteiger partial charge < -0.3 is 9.80 Å². The molecule has 5 rings (SSSR count). The number of amides is 2. The van der Waals surface area contributed by atoms with Crippen molar-refractivity contribution in [1.82, 2.24) is 9.78 Å². The fourth-order valence-electron chi connectivity index (χ4n) is 4.87. The maximum atomic E-state index is 13.1. The van der Waals surface area contributed by atoms with Gasteiger partial charge in [0, 0.05) is 42.6 Å². The van der Waals surface area contributed by atoms with Gasteiger partial charge in [0.2, 0.25) is 5.91 Å². The minimum Gasteiger partial charge on any atom is -0.309 e. The number of aromatic nitrogens is 2. The van der Waals surface area contributed by atoms with E-state index in [9.17, 15) is 9.59 Å². The van der Waals surface area contributed by atoms with Crippen LogP contribution in [-0.4, -0.2) is 33.7 Å². The third kappa shape index (κ3) is 3.42. The molecule has 31 heavy (non-hydrogen) atoms. The van der Waals surface area contributed by atoms with Crippen LogP contribution in [-0.2, 0) is 24.2 Å². The number of aryl methyl sites for hydroxylation is 1. The number of fused-ring (bicyclic) bond motifs is 2. The molecular weight excluding hydrogens is 388 g/mol. The molecule has 0 saturated heterocycles. The Hall–Kier alpha value is -3.41. The largest absolute Gasteiger partial charge is 0.309 e. The second-order valence-corrected chi connectivity index (χ2v) is 8.52. The summed E-state index contributed by atoms with van der Waals surface area (Å²) in [7, 11) is 0. The molecule has 3 aromatic rings. The first-order valence-electron chi connectivity index (χ1n) is 10.9. The molecule has 0 saturated carbocycles. The molecule has 0 unspecified atom stereocenters. The van der Waals surface area contributed by atoms with Gasteiger partial charge in [0.25, 0.3) is 5.91 Å². The highest BCUT2D eigenvalue weighted by molar-refractivity contribution is 6.06. The van der Waals surface area contributed by atoms with Gasteiger partial charge in [-0.2, -0.15) is 5.10 Å². The number of carbonyl (C=O) groups excluding carboxylic acids is 2. The fourth-order valence-corrected chi connectivity index (χ4v) is 4.87. The normalized spacial score (nSPS) is 19.4. The van der Waals surface area contributed by atoms with Crippen LogP contribution in [0.2, 0.25) is 0 Å². The number of para-hydroxylation sites is 2. The van der Waals surface area contributed by atoms with E-state index in [0.717, 1.165) is 24.2 Å². The number of benzene rings is 2. The zero-order valence-electron chi connectivity index (χ0n) is 17.9. The van der Waals surface area contributed by atoms with Crippen LogP contribution in [0.15, 0.2) is 60.8 Å². The van der Waals surface area contributed by atoms with E-state index < -0.39 is 0 Å². The van der Waals surface area contributed by atoms with Crippen LogP contribution in [0.1, 0.15) is 41.9 Å². The van der Waals surface area contributed by atoms with Crippen molar-refractivity contribution in [3.05, 3.63) is 77.6 Å². The van der Waals surface area contributed by atoms with Crippen molar-refractivity contribution < 1.29 is 9.59 Å². The quantitative estimate of drug-likeness (QED) is 0.652. The Morgan fingerprint density at radius 3 is 2.13 bits per heavy atom. The predicted octanol–water partition coefficient (Wildman–Crippen LogP) is 3.84. The Morgan fingerprint density at radius 1 is 0.871 bits per heavy atom. The van der Waals surface area contributed by atoms with Gasteiger partial charge in [-0.15, -0.1) is 0 Å². The van der Waals surface area contributed by atoms with Crippen LogP contribution in [0.5, 0.6) is 0 Å². The Bertz CT molecular complexity index is 1150. The maximum absolute atomic E-state index is 13.1. The highest BCUT2D eigenvalue weighted by Gasteiger charge is 2.33. The topological polar surface area (TPSA) is 58.4 Å². The van der Waals surface area contributed by atoms with E-state index in [2.05, 4.69) is 31.1 Å². The monoisotopic (exact) mass is 414 g/mol. The minimum atomic E-state index is -0.0929. The van der Waals surface area contributed by atoms with Crippen LogP contribution in [0, 0.1) is 0 Å². The molecule has 3 heterocycles. The molecule has 1 aromatic heterocycles. The van der Waals surface area contributed by atoms with Crippen molar-refractivity contribution in [2.75, 3.05) is 9.80 Å². The van der Waals surface area contributed by atoms with Crippen molar-refractivity contribution >= 4 is 23.2 Å². The number of nitrogens with zero attached hydrogens (tertiary/aromatic N) is 4. The summed E-state index contributed by atoms with van der Waals surface area (Å²) in [6.45, 7) is 4.59. The second kappa shape index (κ2) is 7.69. The van der Waals surface area contributed by atoms with Crippen molar-refractivity contribution in [2.45, 2.75) is 51.7 Å². The Kier molecular flexibility index (Phi) is 4.85. The second-order valence-electron chi connectivity index (χ2n) is 8.52. The van der Waals surface area contributed by atoms with E-state index >= 15 is 0 Å². The van der Waals surface area contributed by atoms with Crippen molar-refractivity contribution in [3.8, 4) is 0 Å². The molecule has 2 aliphatic rings. The third-order valence-electron chi connectivity index (χ3n) is 6.32. The maximum Gasteiger partial charge on any atom is 0.279 e. The molecule has 2 amide bonds. The van der Waals surface area contributed by atoms with E-state index in [4.69, 9.17) is 0 Å². The van der Waals surface area contributed by atoms with Crippen LogP contribution < -0.4 is 9.80 Å². The summed E-state index contributed by atoms with van der Waals surface area (Å²) >= 11 is 0. The van der Waals surface area contributed by atoms with Crippen molar-refractivity contribution in [3.63, 3.8) is 0 Å². The van der Waals surface area contributed by atoms with Gasteiger partial charge in [0.15, 0.2) is 5.69 Å². The number of hydrogen-bond donors (Lipinski definition) is 0. The highest BCUT2D eigenvalue weighted by Crippen LogP contribution is 2.33. The number of rotatable bonds is 4. The first-order valence-corrected chi connectivity index (χ1v) is 10.9. The fraction of sp³-hybridized carbons (Fsp3) is 0.320. The van der Waals surface area contributed by atoms with Gasteiger partial charge in [0.1, 0.15) is 0 Å². The molecule has 6 nitrogen and oxygen atoms in total. The van der Waals surface area contributed by atoms with Gasteiger partial charge in [-0.25, -0.2) is 0 Å². The summed E-state index contributed by atoms with van der Waals surface area (Å²) in [5.74, 6) is -0.00691. The van der Waals surface area contributed by atoms with Gasteiger partial charge in [-0.05, 0) is 56.0 Å². The van der Waals surface area contributed by atoms with Crippen LogP contribution in [0.25, 0.3) is 0 Å². The zero-order valence-corrected chi connectivity index (χ0v) is 17.9. The van der Waals surface area contributed by atoms with Crippen molar-refractivity contribution in [1.29, 1.82) is 0 Å². The van der Waals surface area contributed by atoms with Gasteiger partial charge in [-0.3, -0.25) is 14.3 Å². The lowest BCUT2D eigenvalue weighted by Crippen LogP contribution is -2.36. The lowest BCUT2D eigenvalue weighted by atomic mass is 10.1.